The second-order valence-electron chi connectivity index (χ2n) is 16.1. The van der Waals surface area contributed by atoms with E-state index < -0.39 is 21.9 Å². The molecule has 0 atom stereocenters. The van der Waals surface area contributed by atoms with Gasteiger partial charge < -0.3 is 19.4 Å². The minimum atomic E-state index is -3.89. The van der Waals surface area contributed by atoms with Crippen molar-refractivity contribution in [1.29, 1.82) is 0 Å². The van der Waals surface area contributed by atoms with Crippen LogP contribution < -0.4 is 48.9 Å². The summed E-state index contributed by atoms with van der Waals surface area (Å²) in [5, 5.41) is 12.6. The van der Waals surface area contributed by atoms with E-state index in [9.17, 15) is 23.1 Å². The number of para-hydroxylation sites is 2. The molecular weight excluding hydrogens is 934 g/mol. The van der Waals surface area contributed by atoms with Crippen molar-refractivity contribution in [2.45, 2.75) is 30.3 Å². The van der Waals surface area contributed by atoms with Crippen LogP contribution in [0.25, 0.3) is 50.6 Å². The molecule has 11 heteroatoms. The summed E-state index contributed by atoms with van der Waals surface area (Å²) in [5.41, 5.74) is 12.0. The third kappa shape index (κ3) is 14.4. The molecule has 0 radical (unpaired) electrons. The minimum absolute atomic E-state index is 0. The van der Waals surface area contributed by atoms with Gasteiger partial charge in [0.1, 0.15) is 28.9 Å². The van der Waals surface area contributed by atoms with Crippen LogP contribution in [0.4, 0.5) is 0 Å². The molecule has 0 aliphatic rings. The van der Waals surface area contributed by atoms with Crippen molar-refractivity contribution in [3.05, 3.63) is 252 Å². The topological polar surface area (TPSA) is 122 Å². The number of amides is 1. The zero-order chi connectivity index (χ0) is 48.5. The standard InChI is InChI=1S/C32H25NO4S2.C28H24O3.Na/c34-31(33-39(35,36)32-18-9-21-38-32)20-19-25-12-4-5-15-28(25)26-13-8-14-27(22-26)29-16-6-7-17-30(29)37-23-24-10-2-1-3-11-24;29-28(30)18-17-22-11-4-5-14-25(22)23-12-8-13-24(19-23)26-15-6-7-16-27(26)31-20-21-9-2-1-3-10-21;/h1-22H,23H2,(H,33,34);1-16,19H,17-18,20H2,(H,29,30);/q;;+1/p-1/b20-19+;;. The Morgan fingerprint density at radius 2 is 0.986 bits per heavy atom. The van der Waals surface area contributed by atoms with Gasteiger partial charge in [0.2, 0.25) is 0 Å². The number of nitrogens with one attached hydrogen (secondary N) is 1. The van der Waals surface area contributed by atoms with E-state index in [-0.39, 0.29) is 40.2 Å². The van der Waals surface area contributed by atoms with Crippen molar-refractivity contribution < 1.29 is 62.1 Å². The molecule has 1 heterocycles. The average Bonchev–Trinajstić information content (AvgIpc) is 3.97. The van der Waals surface area contributed by atoms with Gasteiger partial charge in [-0.25, -0.2) is 13.1 Å². The number of carbonyl (C=O) groups excluding carboxylic acids is 2. The maximum absolute atomic E-state index is 12.4. The van der Waals surface area contributed by atoms with Crippen molar-refractivity contribution in [2.75, 3.05) is 0 Å². The first kappa shape index (κ1) is 51.5. The Labute approximate surface area is 441 Å². The number of aliphatic carboxylic acids is 1. The molecule has 0 saturated heterocycles. The maximum Gasteiger partial charge on any atom is 1.00 e. The summed E-state index contributed by atoms with van der Waals surface area (Å²) in [5.74, 6) is -0.131. The molecule has 8 nitrogen and oxygen atoms in total. The van der Waals surface area contributed by atoms with Crippen LogP contribution in [0.2, 0.25) is 0 Å². The van der Waals surface area contributed by atoms with Gasteiger partial charge in [0.05, 0.1) is 0 Å². The van der Waals surface area contributed by atoms with Gasteiger partial charge in [-0.2, -0.15) is 0 Å². The van der Waals surface area contributed by atoms with Gasteiger partial charge in [-0.1, -0.05) is 188 Å². The van der Waals surface area contributed by atoms with Crippen molar-refractivity contribution in [2.24, 2.45) is 0 Å². The SMILES string of the molecule is O=C(/C=C/c1ccccc1-c1cccc(-c2ccccc2OCc2ccccc2)c1)NS(=O)(=O)c1cccs1.O=C([O-])CCc1ccccc1-c1cccc(-c2ccccc2OCc2ccccc2)c1.[Na+]. The summed E-state index contributed by atoms with van der Waals surface area (Å²) in [7, 11) is -3.89. The average molecular weight is 982 g/mol. The van der Waals surface area contributed by atoms with Gasteiger partial charge in [0, 0.05) is 23.2 Å². The van der Waals surface area contributed by atoms with Crippen LogP contribution >= 0.6 is 11.3 Å². The van der Waals surface area contributed by atoms with Crippen LogP contribution in [-0.2, 0) is 39.2 Å². The quantitative estimate of drug-likeness (QED) is 0.0713. The summed E-state index contributed by atoms with van der Waals surface area (Å²) >= 11 is 1.05. The van der Waals surface area contributed by atoms with Gasteiger partial charge in [0.25, 0.3) is 15.9 Å². The predicted molar refractivity (Wildman–Crippen MR) is 278 cm³/mol. The van der Waals surface area contributed by atoms with Crippen LogP contribution in [0.15, 0.2) is 234 Å². The number of hydrogen-bond donors (Lipinski definition) is 1. The van der Waals surface area contributed by atoms with Crippen molar-refractivity contribution in [1.82, 2.24) is 4.72 Å². The Morgan fingerprint density at radius 3 is 1.52 bits per heavy atom. The van der Waals surface area contributed by atoms with E-state index in [0.717, 1.165) is 89.6 Å². The smallest absolute Gasteiger partial charge is 0.550 e. The van der Waals surface area contributed by atoms with Gasteiger partial charge in [-0.15, -0.1) is 11.3 Å². The number of thiophene rings is 1. The molecule has 0 aliphatic heterocycles. The largest absolute Gasteiger partial charge is 1.00 e. The summed E-state index contributed by atoms with van der Waals surface area (Å²) in [4.78, 5) is 23.4. The van der Waals surface area contributed by atoms with E-state index in [1.165, 1.54) is 12.1 Å². The van der Waals surface area contributed by atoms with Crippen LogP contribution in [-0.4, -0.2) is 20.3 Å². The zero-order valence-electron chi connectivity index (χ0n) is 39.0. The fourth-order valence-electron chi connectivity index (χ4n) is 7.80. The minimum Gasteiger partial charge on any atom is -0.550 e. The molecule has 0 spiro atoms. The first-order valence-corrected chi connectivity index (χ1v) is 24.9. The fraction of sp³-hybridized carbons (Fsp3) is 0.0667. The summed E-state index contributed by atoms with van der Waals surface area (Å²) in [6, 6.07) is 71.1. The molecule has 348 valence electrons. The Kier molecular flexibility index (Phi) is 18.5. The Morgan fingerprint density at radius 1 is 0.521 bits per heavy atom. The molecule has 1 N–H and O–H groups in total. The third-order valence-corrected chi connectivity index (χ3v) is 13.9. The van der Waals surface area contributed by atoms with E-state index in [4.69, 9.17) is 9.47 Å². The number of carboxylic acids is 1. The molecule has 0 aliphatic carbocycles. The first-order valence-electron chi connectivity index (χ1n) is 22.6. The summed E-state index contributed by atoms with van der Waals surface area (Å²) < 4.78 is 39.2. The molecule has 8 aromatic carbocycles. The molecule has 1 aromatic heterocycles. The summed E-state index contributed by atoms with van der Waals surface area (Å²) in [6.45, 7) is 0.971. The number of ether oxygens (including phenoxy) is 2. The van der Waals surface area contributed by atoms with Gasteiger partial charge in [-0.05, 0) is 110 Å². The number of sulfonamides is 1. The summed E-state index contributed by atoms with van der Waals surface area (Å²) in [6.07, 6.45) is 3.31. The van der Waals surface area contributed by atoms with E-state index in [1.807, 2.05) is 176 Å². The Hall–Kier alpha value is -7.31. The van der Waals surface area contributed by atoms with Crippen LogP contribution in [0, 0.1) is 0 Å². The zero-order valence-corrected chi connectivity index (χ0v) is 42.7. The van der Waals surface area contributed by atoms with E-state index >= 15 is 0 Å². The predicted octanol–water partition coefficient (Wildman–Crippen LogP) is 9.47. The van der Waals surface area contributed by atoms with E-state index in [1.54, 1.807) is 17.5 Å². The molecule has 0 fully saturated rings. The molecule has 9 rings (SSSR count). The van der Waals surface area contributed by atoms with E-state index in [0.29, 0.717) is 19.6 Å². The second kappa shape index (κ2) is 25.5. The molecule has 0 unspecified atom stereocenters. The first-order chi connectivity index (χ1) is 34.2. The number of carbonyl (C=O) groups is 2. The molecular formula is C60H48NNaO7S2. The van der Waals surface area contributed by atoms with Crippen molar-refractivity contribution >= 4 is 39.3 Å². The number of aryl methyl sites for hydroxylation is 1. The molecule has 1 amide bonds. The molecule has 71 heavy (non-hydrogen) atoms. The van der Waals surface area contributed by atoms with Crippen molar-refractivity contribution in [3.63, 3.8) is 0 Å². The fourth-order valence-corrected chi connectivity index (χ4v) is 9.74. The number of hydrogen-bond acceptors (Lipinski definition) is 8. The Balaban J connectivity index is 0.000000211. The van der Waals surface area contributed by atoms with E-state index in [2.05, 4.69) is 35.1 Å². The van der Waals surface area contributed by atoms with Gasteiger partial charge >= 0.3 is 29.6 Å². The van der Waals surface area contributed by atoms with Gasteiger partial charge in [-0.3, -0.25) is 4.79 Å². The second-order valence-corrected chi connectivity index (χ2v) is 18.9. The third-order valence-electron chi connectivity index (χ3n) is 11.2. The monoisotopic (exact) mass is 981 g/mol. The van der Waals surface area contributed by atoms with Gasteiger partial charge in [0.15, 0.2) is 0 Å². The molecule has 0 bridgehead atoms. The normalized spacial score (nSPS) is 10.9. The number of benzene rings is 8. The maximum atomic E-state index is 12.4. The molecule has 9 aromatic rings. The Bertz CT molecular complexity index is 3320. The van der Waals surface area contributed by atoms with Crippen molar-refractivity contribution in [3.8, 4) is 56.0 Å². The molecule has 0 saturated carbocycles. The van der Waals surface area contributed by atoms with Crippen LogP contribution in [0.1, 0.15) is 28.7 Å². The number of carboxylic acid groups (broad SMARTS) is 1. The number of rotatable bonds is 17. The van der Waals surface area contributed by atoms with Crippen LogP contribution in [0.5, 0.6) is 11.5 Å². The van der Waals surface area contributed by atoms with Crippen LogP contribution in [0.3, 0.4) is 0 Å².